The van der Waals surface area contributed by atoms with Gasteiger partial charge in [-0.1, -0.05) is 22.0 Å². The van der Waals surface area contributed by atoms with Crippen LogP contribution >= 0.6 is 27.3 Å². The lowest BCUT2D eigenvalue weighted by atomic mass is 10.2. The van der Waals surface area contributed by atoms with E-state index in [0.29, 0.717) is 0 Å². The van der Waals surface area contributed by atoms with Crippen LogP contribution in [0.15, 0.2) is 40.2 Å². The smallest absolute Gasteiger partial charge is 0.321 e. The maximum atomic E-state index is 12.4. The van der Waals surface area contributed by atoms with Crippen molar-refractivity contribution in [3.05, 3.63) is 50.6 Å². The molecule has 2 aromatic rings. The number of amides is 2. The Kier molecular flexibility index (Phi) is 5.92. The summed E-state index contributed by atoms with van der Waals surface area (Å²) in [7, 11) is 0. The number of carbonyl (C=O) groups excluding carboxylic acids is 1. The highest BCUT2D eigenvalue weighted by atomic mass is 79.9. The van der Waals surface area contributed by atoms with E-state index >= 15 is 0 Å². The van der Waals surface area contributed by atoms with Crippen LogP contribution in [0.1, 0.15) is 10.4 Å². The minimum atomic E-state index is -0.00155. The molecule has 0 radical (unpaired) electrons. The zero-order chi connectivity index (χ0) is 16.9. The summed E-state index contributed by atoms with van der Waals surface area (Å²) in [5.41, 5.74) is 1.94. The summed E-state index contributed by atoms with van der Waals surface area (Å²) in [6.45, 7) is 6.53. The Labute approximate surface area is 155 Å². The second-order valence-electron chi connectivity index (χ2n) is 6.05. The van der Waals surface area contributed by atoms with Gasteiger partial charge in [0.2, 0.25) is 0 Å². The first kappa shape index (κ1) is 17.5. The van der Waals surface area contributed by atoms with Crippen molar-refractivity contribution in [2.75, 3.05) is 38.0 Å². The van der Waals surface area contributed by atoms with E-state index in [9.17, 15) is 4.79 Å². The maximum Gasteiger partial charge on any atom is 0.321 e. The van der Waals surface area contributed by atoms with E-state index in [2.05, 4.69) is 43.7 Å². The van der Waals surface area contributed by atoms with Crippen molar-refractivity contribution in [3.63, 3.8) is 0 Å². The van der Waals surface area contributed by atoms with Crippen LogP contribution in [-0.2, 0) is 6.42 Å². The molecule has 24 heavy (non-hydrogen) atoms. The minimum Gasteiger partial charge on any atom is -0.322 e. The Bertz CT molecular complexity index is 682. The molecule has 0 unspecified atom stereocenters. The number of rotatable bonds is 4. The summed E-state index contributed by atoms with van der Waals surface area (Å²) >= 11 is 5.26. The number of piperazine rings is 1. The lowest BCUT2D eigenvalue weighted by Gasteiger charge is -2.34. The molecule has 1 aliphatic rings. The molecule has 1 aromatic heterocycles. The SMILES string of the molecule is Cc1cc(Br)ccc1NC(=O)N1CCN(CCc2cccs2)CC1. The lowest BCUT2D eigenvalue weighted by molar-refractivity contribution is 0.148. The fourth-order valence-corrected chi connectivity index (χ4v) is 4.03. The van der Waals surface area contributed by atoms with Crippen molar-refractivity contribution in [1.82, 2.24) is 9.80 Å². The van der Waals surface area contributed by atoms with Gasteiger partial charge in [0.25, 0.3) is 0 Å². The summed E-state index contributed by atoms with van der Waals surface area (Å²) in [5, 5.41) is 5.15. The van der Waals surface area contributed by atoms with Crippen molar-refractivity contribution in [3.8, 4) is 0 Å². The van der Waals surface area contributed by atoms with Crippen LogP contribution in [0.5, 0.6) is 0 Å². The van der Waals surface area contributed by atoms with Crippen LogP contribution in [0, 0.1) is 6.92 Å². The van der Waals surface area contributed by atoms with Crippen molar-refractivity contribution in [2.24, 2.45) is 0 Å². The standard InChI is InChI=1S/C18H22BrN3OS/c1-14-13-15(19)4-5-17(14)20-18(23)22-10-8-21(9-11-22)7-6-16-3-2-12-24-16/h2-5,12-13H,6-11H2,1H3,(H,20,23). The summed E-state index contributed by atoms with van der Waals surface area (Å²) in [4.78, 5) is 18.2. The number of hydrogen-bond donors (Lipinski definition) is 1. The van der Waals surface area contributed by atoms with E-state index in [0.717, 1.165) is 54.9 Å². The zero-order valence-electron chi connectivity index (χ0n) is 13.8. The van der Waals surface area contributed by atoms with E-state index in [1.807, 2.05) is 41.4 Å². The normalized spacial score (nSPS) is 15.5. The van der Waals surface area contributed by atoms with E-state index in [1.54, 1.807) is 0 Å². The molecule has 2 amide bonds. The Morgan fingerprint density at radius 1 is 1.25 bits per heavy atom. The fraction of sp³-hybridized carbons (Fsp3) is 0.389. The number of nitrogens with one attached hydrogen (secondary N) is 1. The van der Waals surface area contributed by atoms with Gasteiger partial charge in [-0.15, -0.1) is 11.3 Å². The zero-order valence-corrected chi connectivity index (χ0v) is 16.2. The van der Waals surface area contributed by atoms with Gasteiger partial charge in [-0.2, -0.15) is 0 Å². The summed E-state index contributed by atoms with van der Waals surface area (Å²) < 4.78 is 1.03. The highest BCUT2D eigenvalue weighted by Gasteiger charge is 2.21. The average molecular weight is 408 g/mol. The Morgan fingerprint density at radius 2 is 2.04 bits per heavy atom. The molecule has 1 fully saturated rings. The Hall–Kier alpha value is -1.37. The van der Waals surface area contributed by atoms with Crippen molar-refractivity contribution in [2.45, 2.75) is 13.3 Å². The topological polar surface area (TPSA) is 35.6 Å². The molecule has 1 N–H and O–H groups in total. The second kappa shape index (κ2) is 8.14. The number of hydrogen-bond acceptors (Lipinski definition) is 3. The first-order valence-corrected chi connectivity index (χ1v) is 9.86. The molecule has 0 saturated carbocycles. The van der Waals surface area contributed by atoms with Gasteiger partial charge in [0.05, 0.1) is 0 Å². The van der Waals surface area contributed by atoms with Crippen LogP contribution in [0.3, 0.4) is 0 Å². The van der Waals surface area contributed by atoms with Gasteiger partial charge in [0.15, 0.2) is 0 Å². The quantitative estimate of drug-likeness (QED) is 0.823. The molecule has 0 atom stereocenters. The highest BCUT2D eigenvalue weighted by molar-refractivity contribution is 9.10. The molecule has 2 heterocycles. The molecule has 1 saturated heterocycles. The van der Waals surface area contributed by atoms with Crippen molar-refractivity contribution in [1.29, 1.82) is 0 Å². The fourth-order valence-electron chi connectivity index (χ4n) is 2.86. The van der Waals surface area contributed by atoms with Gasteiger partial charge in [-0.3, -0.25) is 4.90 Å². The lowest BCUT2D eigenvalue weighted by Crippen LogP contribution is -2.50. The van der Waals surface area contributed by atoms with E-state index < -0.39 is 0 Å². The number of urea groups is 1. The Morgan fingerprint density at radius 3 is 2.71 bits per heavy atom. The number of aryl methyl sites for hydroxylation is 1. The summed E-state index contributed by atoms with van der Waals surface area (Å²) in [6.07, 6.45) is 1.10. The molecule has 1 aliphatic heterocycles. The van der Waals surface area contributed by atoms with E-state index in [1.165, 1.54) is 4.88 Å². The van der Waals surface area contributed by atoms with Gasteiger partial charge in [-0.25, -0.2) is 4.79 Å². The van der Waals surface area contributed by atoms with Crippen molar-refractivity contribution < 1.29 is 4.79 Å². The molecule has 6 heteroatoms. The molecule has 0 bridgehead atoms. The highest BCUT2D eigenvalue weighted by Crippen LogP contribution is 2.20. The van der Waals surface area contributed by atoms with Gasteiger partial charge >= 0.3 is 6.03 Å². The van der Waals surface area contributed by atoms with E-state index in [4.69, 9.17) is 0 Å². The van der Waals surface area contributed by atoms with Crippen molar-refractivity contribution >= 4 is 39.0 Å². The number of nitrogens with zero attached hydrogens (tertiary/aromatic N) is 2. The van der Waals surface area contributed by atoms with Crippen LogP contribution < -0.4 is 5.32 Å². The number of anilines is 1. The molecule has 4 nitrogen and oxygen atoms in total. The predicted molar refractivity (Wildman–Crippen MR) is 104 cm³/mol. The first-order chi connectivity index (χ1) is 11.6. The number of benzene rings is 1. The number of carbonyl (C=O) groups is 1. The first-order valence-electron chi connectivity index (χ1n) is 8.18. The summed E-state index contributed by atoms with van der Waals surface area (Å²) in [6, 6.07) is 10.2. The van der Waals surface area contributed by atoms with Gasteiger partial charge in [0, 0.05) is 47.8 Å². The van der Waals surface area contributed by atoms with Crippen LogP contribution in [0.25, 0.3) is 0 Å². The summed E-state index contributed by atoms with van der Waals surface area (Å²) in [5.74, 6) is 0. The minimum absolute atomic E-state index is 0.00155. The molecular weight excluding hydrogens is 386 g/mol. The number of halogens is 1. The average Bonchev–Trinajstić information content (AvgIpc) is 3.09. The van der Waals surface area contributed by atoms with Gasteiger partial charge < -0.3 is 10.2 Å². The molecule has 0 aliphatic carbocycles. The Balaban J connectivity index is 1.46. The third-order valence-corrected chi connectivity index (χ3v) is 5.77. The largest absolute Gasteiger partial charge is 0.322 e. The van der Waals surface area contributed by atoms with Gasteiger partial charge in [-0.05, 0) is 48.6 Å². The van der Waals surface area contributed by atoms with Crippen LogP contribution in [0.4, 0.5) is 10.5 Å². The maximum absolute atomic E-state index is 12.4. The third-order valence-electron chi connectivity index (χ3n) is 4.34. The molecule has 1 aromatic carbocycles. The monoisotopic (exact) mass is 407 g/mol. The third kappa shape index (κ3) is 4.59. The molecular formula is C18H22BrN3OS. The number of thiophene rings is 1. The molecule has 128 valence electrons. The van der Waals surface area contributed by atoms with E-state index in [-0.39, 0.29) is 6.03 Å². The second-order valence-corrected chi connectivity index (χ2v) is 8.00. The molecule has 3 rings (SSSR count). The van der Waals surface area contributed by atoms with Crippen LogP contribution in [-0.4, -0.2) is 48.6 Å². The van der Waals surface area contributed by atoms with Crippen LogP contribution in [0.2, 0.25) is 0 Å². The van der Waals surface area contributed by atoms with Gasteiger partial charge in [0.1, 0.15) is 0 Å². The molecule has 0 spiro atoms. The predicted octanol–water partition coefficient (Wildman–Crippen LogP) is 4.21.